The van der Waals surface area contributed by atoms with Crippen LogP contribution in [0.4, 0.5) is 11.4 Å². The number of halogens is 1. The molecule has 0 aromatic heterocycles. The molecule has 0 saturated heterocycles. The van der Waals surface area contributed by atoms with Gasteiger partial charge in [-0.05, 0) is 72.7 Å². The van der Waals surface area contributed by atoms with Crippen LogP contribution in [-0.4, -0.2) is 19.7 Å². The van der Waals surface area contributed by atoms with Gasteiger partial charge in [0.05, 0.1) is 25.0 Å². The summed E-state index contributed by atoms with van der Waals surface area (Å²) in [4.78, 5) is 11.3. The fourth-order valence-electron chi connectivity index (χ4n) is 4.30. The molecule has 4 aromatic rings. The summed E-state index contributed by atoms with van der Waals surface area (Å²) in [6.07, 6.45) is 3.51. The van der Waals surface area contributed by atoms with Gasteiger partial charge in [0.25, 0.3) is 0 Å². The van der Waals surface area contributed by atoms with E-state index in [1.165, 1.54) is 0 Å². The van der Waals surface area contributed by atoms with E-state index >= 15 is 0 Å². The first-order chi connectivity index (χ1) is 19.1. The van der Waals surface area contributed by atoms with Crippen molar-refractivity contribution in [2.24, 2.45) is 0 Å². The molecule has 0 radical (unpaired) electrons. The molecule has 6 rings (SSSR count). The molecule has 0 bridgehead atoms. The summed E-state index contributed by atoms with van der Waals surface area (Å²) in [5.74, 6) is 2.48. The van der Waals surface area contributed by atoms with Crippen molar-refractivity contribution in [2.45, 2.75) is 13.5 Å². The smallest absolute Gasteiger partial charge is 0.231 e. The molecule has 1 aliphatic heterocycles. The third kappa shape index (κ3) is 6.84. The number of allylic oxidation sites excluding steroid dienone is 3. The number of hydrogen-bond donors (Lipinski definition) is 1. The SMILES string of the molecule is CC1=CC(=O)C1=Cc1ccc2c(c1)OCO2.COc1ccccc1CN(Nc1ccccc1)c1ccccc1.Cl. The molecule has 0 saturated carbocycles. The van der Waals surface area contributed by atoms with Gasteiger partial charge >= 0.3 is 0 Å². The first-order valence-electron chi connectivity index (χ1n) is 12.7. The quantitative estimate of drug-likeness (QED) is 0.189. The van der Waals surface area contributed by atoms with E-state index in [1.807, 2.05) is 85.8 Å². The normalized spacial score (nSPS) is 13.7. The number of benzene rings is 4. The van der Waals surface area contributed by atoms with Crippen molar-refractivity contribution in [1.82, 2.24) is 0 Å². The molecule has 2 aliphatic rings. The summed E-state index contributed by atoms with van der Waals surface area (Å²) in [7, 11) is 1.70. The molecule has 6 nitrogen and oxygen atoms in total. The van der Waals surface area contributed by atoms with Crippen LogP contribution in [0.5, 0.6) is 17.2 Å². The lowest BCUT2D eigenvalue weighted by atomic mass is 9.90. The Bertz CT molecular complexity index is 1500. The molecular weight excluding hydrogens is 524 g/mol. The van der Waals surface area contributed by atoms with Crippen molar-refractivity contribution >= 4 is 35.6 Å². The Morgan fingerprint density at radius 2 is 1.55 bits per heavy atom. The lowest BCUT2D eigenvalue weighted by molar-refractivity contribution is -0.112. The number of hydrogen-bond acceptors (Lipinski definition) is 6. The number of ether oxygens (including phenoxy) is 3. The molecule has 0 atom stereocenters. The van der Waals surface area contributed by atoms with Gasteiger partial charge in [0.15, 0.2) is 17.3 Å². The van der Waals surface area contributed by atoms with Crippen LogP contribution in [-0.2, 0) is 11.3 Å². The largest absolute Gasteiger partial charge is 0.496 e. The van der Waals surface area contributed by atoms with E-state index in [1.54, 1.807) is 13.2 Å². The zero-order chi connectivity index (χ0) is 27.0. The predicted molar refractivity (Wildman–Crippen MR) is 162 cm³/mol. The second kappa shape index (κ2) is 13.4. The van der Waals surface area contributed by atoms with Crippen LogP contribution in [0.2, 0.25) is 0 Å². The monoisotopic (exact) mass is 554 g/mol. The van der Waals surface area contributed by atoms with E-state index in [9.17, 15) is 4.79 Å². The Hall–Kier alpha value is -4.68. The Balaban J connectivity index is 0.000000191. The highest BCUT2D eigenvalue weighted by Gasteiger charge is 2.20. The number of para-hydroxylation sites is 3. The number of nitrogens with one attached hydrogen (secondary N) is 1. The molecule has 7 heteroatoms. The summed E-state index contributed by atoms with van der Waals surface area (Å²) in [5.41, 5.74) is 9.51. The first-order valence-corrected chi connectivity index (χ1v) is 12.7. The maximum atomic E-state index is 11.3. The lowest BCUT2D eigenvalue weighted by Gasteiger charge is -2.27. The van der Waals surface area contributed by atoms with E-state index < -0.39 is 0 Å². The van der Waals surface area contributed by atoms with Gasteiger partial charge in [-0.3, -0.25) is 15.2 Å². The summed E-state index contributed by atoms with van der Waals surface area (Å²) in [5, 5.41) is 2.12. The number of carbonyl (C=O) groups excluding carboxylic acids is 1. The average Bonchev–Trinajstić information content (AvgIpc) is 3.45. The van der Waals surface area contributed by atoms with Crippen LogP contribution in [0.1, 0.15) is 18.1 Å². The van der Waals surface area contributed by atoms with Gasteiger partial charge in [-0.1, -0.05) is 60.7 Å². The molecule has 1 aliphatic carbocycles. The fourth-order valence-corrected chi connectivity index (χ4v) is 4.30. The van der Waals surface area contributed by atoms with Gasteiger partial charge in [-0.25, -0.2) is 0 Å². The van der Waals surface area contributed by atoms with E-state index in [2.05, 4.69) is 40.8 Å². The van der Waals surface area contributed by atoms with Crippen LogP contribution in [0.15, 0.2) is 120 Å². The van der Waals surface area contributed by atoms with Gasteiger partial charge in [-0.2, -0.15) is 0 Å². The third-order valence-corrected chi connectivity index (χ3v) is 6.37. The summed E-state index contributed by atoms with van der Waals surface area (Å²) in [6, 6.07) is 34.2. The van der Waals surface area contributed by atoms with E-state index in [-0.39, 0.29) is 25.0 Å². The topological polar surface area (TPSA) is 60.0 Å². The third-order valence-electron chi connectivity index (χ3n) is 6.37. The van der Waals surface area contributed by atoms with Gasteiger partial charge in [0.2, 0.25) is 6.79 Å². The molecule has 0 amide bonds. The Morgan fingerprint density at radius 1 is 0.875 bits per heavy atom. The Kier molecular flexibility index (Phi) is 9.49. The second-order valence-electron chi connectivity index (χ2n) is 9.07. The van der Waals surface area contributed by atoms with Gasteiger partial charge in [0.1, 0.15) is 5.75 Å². The molecule has 4 aromatic carbocycles. The van der Waals surface area contributed by atoms with E-state index in [4.69, 9.17) is 14.2 Å². The second-order valence-corrected chi connectivity index (χ2v) is 9.07. The molecule has 40 heavy (non-hydrogen) atoms. The average molecular weight is 555 g/mol. The number of carbonyl (C=O) groups is 1. The zero-order valence-corrected chi connectivity index (χ0v) is 23.2. The highest BCUT2D eigenvalue weighted by molar-refractivity contribution is 6.18. The van der Waals surface area contributed by atoms with Crippen molar-refractivity contribution in [3.05, 3.63) is 131 Å². The fraction of sp³-hybridized carbons (Fsp3) is 0.121. The predicted octanol–water partition coefficient (Wildman–Crippen LogP) is 7.48. The van der Waals surface area contributed by atoms with E-state index in [0.29, 0.717) is 6.54 Å². The van der Waals surface area contributed by atoms with Gasteiger partial charge in [-0.15, -0.1) is 12.4 Å². The number of hydrazine groups is 1. The molecule has 0 unspecified atom stereocenters. The lowest BCUT2D eigenvalue weighted by Crippen LogP contribution is -2.29. The summed E-state index contributed by atoms with van der Waals surface area (Å²) in [6.45, 7) is 2.90. The number of ketones is 1. The molecule has 1 N–H and O–H groups in total. The van der Waals surface area contributed by atoms with E-state index in [0.717, 1.165) is 50.9 Å². The highest BCUT2D eigenvalue weighted by atomic mass is 35.5. The Labute approximate surface area is 240 Å². The number of anilines is 2. The minimum atomic E-state index is 0. The highest BCUT2D eigenvalue weighted by Crippen LogP contribution is 2.34. The van der Waals surface area contributed by atoms with Crippen molar-refractivity contribution in [1.29, 1.82) is 0 Å². The van der Waals surface area contributed by atoms with Crippen LogP contribution < -0.4 is 24.6 Å². The minimum Gasteiger partial charge on any atom is -0.496 e. The number of fused-ring (bicyclic) bond motifs is 1. The number of methoxy groups -OCH3 is 1. The zero-order valence-electron chi connectivity index (χ0n) is 22.4. The van der Waals surface area contributed by atoms with Crippen molar-refractivity contribution in [2.75, 3.05) is 24.3 Å². The van der Waals surface area contributed by atoms with Crippen molar-refractivity contribution in [3.8, 4) is 17.2 Å². The standard InChI is InChI=1S/C20H20N2O.C13H10O3.ClH/c1-23-20-15-9-8-10-17(20)16-22(19-13-6-3-7-14-19)21-18-11-4-2-5-12-18;1-8-4-11(14)10(8)5-9-2-3-12-13(6-9)16-7-15-12;/h2-15,21H,16H2,1H3;2-6H,7H2,1H3;1H. The maximum absolute atomic E-state index is 11.3. The number of rotatable bonds is 7. The number of nitrogens with zero attached hydrogens (tertiary/aromatic N) is 1. The summed E-state index contributed by atoms with van der Waals surface area (Å²) >= 11 is 0. The minimum absolute atomic E-state index is 0. The molecule has 204 valence electrons. The first kappa shape index (κ1) is 28.3. The van der Waals surface area contributed by atoms with Crippen LogP contribution >= 0.6 is 12.4 Å². The van der Waals surface area contributed by atoms with Crippen molar-refractivity contribution in [3.63, 3.8) is 0 Å². The molecule has 0 spiro atoms. The molecular formula is C33H31ClN2O4. The van der Waals surface area contributed by atoms with Crippen LogP contribution in [0.25, 0.3) is 6.08 Å². The van der Waals surface area contributed by atoms with Crippen molar-refractivity contribution < 1.29 is 19.0 Å². The van der Waals surface area contributed by atoms with Crippen LogP contribution in [0.3, 0.4) is 0 Å². The maximum Gasteiger partial charge on any atom is 0.231 e. The van der Waals surface area contributed by atoms with Gasteiger partial charge in [0, 0.05) is 11.1 Å². The molecule has 1 heterocycles. The Morgan fingerprint density at radius 3 is 2.25 bits per heavy atom. The molecule has 0 fully saturated rings. The van der Waals surface area contributed by atoms with Gasteiger partial charge < -0.3 is 14.2 Å². The summed E-state index contributed by atoms with van der Waals surface area (Å²) < 4.78 is 16.0. The van der Waals surface area contributed by atoms with Crippen LogP contribution in [0, 0.1) is 0 Å².